The van der Waals surface area contributed by atoms with Gasteiger partial charge in [-0.2, -0.15) is 5.10 Å². The average molecular weight is 264 g/mol. The zero-order valence-corrected chi connectivity index (χ0v) is 10.7. The van der Waals surface area contributed by atoms with E-state index in [9.17, 15) is 0 Å². The topological polar surface area (TPSA) is 69.9 Å². The predicted molar refractivity (Wildman–Crippen MR) is 77.3 cm³/mol. The van der Waals surface area contributed by atoms with Crippen molar-refractivity contribution in [1.82, 2.24) is 14.8 Å². The van der Waals surface area contributed by atoms with Gasteiger partial charge in [0.1, 0.15) is 12.1 Å². The van der Waals surface area contributed by atoms with Crippen molar-refractivity contribution in [3.05, 3.63) is 54.6 Å². The summed E-state index contributed by atoms with van der Waals surface area (Å²) >= 11 is 0. The molecule has 2 aromatic carbocycles. The van der Waals surface area contributed by atoms with Crippen LogP contribution >= 0.6 is 0 Å². The van der Waals surface area contributed by atoms with E-state index in [0.717, 1.165) is 10.9 Å². The summed E-state index contributed by atoms with van der Waals surface area (Å²) in [6.07, 6.45) is 1.84. The van der Waals surface area contributed by atoms with Gasteiger partial charge in [0.25, 0.3) is 0 Å². The second-order valence-corrected chi connectivity index (χ2v) is 4.66. The number of nitrogens with zero attached hydrogens (tertiary/aromatic N) is 3. The molecule has 0 saturated carbocycles. The molecule has 0 radical (unpaired) electrons. The summed E-state index contributed by atoms with van der Waals surface area (Å²) in [4.78, 5) is 4.44. The van der Waals surface area contributed by atoms with Gasteiger partial charge in [-0.25, -0.2) is 4.98 Å². The van der Waals surface area contributed by atoms with Gasteiger partial charge in [-0.15, -0.1) is 0 Å². The van der Waals surface area contributed by atoms with Crippen molar-refractivity contribution < 1.29 is 4.42 Å². The summed E-state index contributed by atoms with van der Waals surface area (Å²) in [5, 5.41) is 5.47. The minimum atomic E-state index is 0.488. The number of benzene rings is 2. The summed E-state index contributed by atoms with van der Waals surface area (Å²) in [7, 11) is 0. The van der Waals surface area contributed by atoms with E-state index in [-0.39, 0.29) is 0 Å². The lowest BCUT2D eigenvalue weighted by molar-refractivity contribution is 0.497. The molecule has 0 saturated heterocycles. The lowest BCUT2D eigenvalue weighted by atomic mass is 10.2. The first-order valence-corrected chi connectivity index (χ1v) is 6.36. The predicted octanol–water partition coefficient (Wildman–Crippen LogP) is 2.81. The van der Waals surface area contributed by atoms with Crippen LogP contribution in [0.5, 0.6) is 0 Å². The molecule has 4 rings (SSSR count). The van der Waals surface area contributed by atoms with Crippen molar-refractivity contribution in [2.75, 3.05) is 5.73 Å². The molecule has 0 bridgehead atoms. The minimum Gasteiger partial charge on any atom is -0.439 e. The molecule has 98 valence electrons. The highest BCUT2D eigenvalue weighted by atomic mass is 16.3. The van der Waals surface area contributed by atoms with Gasteiger partial charge in [0, 0.05) is 5.39 Å². The number of nitrogen functional groups attached to an aromatic ring is 1. The summed E-state index contributed by atoms with van der Waals surface area (Å²) in [6, 6.07) is 13.6. The normalized spacial score (nSPS) is 11.4. The molecule has 0 fully saturated rings. The van der Waals surface area contributed by atoms with Gasteiger partial charge in [-0.3, -0.25) is 4.68 Å². The highest BCUT2D eigenvalue weighted by Gasteiger charge is 2.10. The maximum Gasteiger partial charge on any atom is 0.217 e. The van der Waals surface area contributed by atoms with Crippen LogP contribution in [-0.4, -0.2) is 14.8 Å². The van der Waals surface area contributed by atoms with Crippen LogP contribution in [-0.2, 0) is 6.54 Å². The van der Waals surface area contributed by atoms with Crippen LogP contribution in [0.4, 0.5) is 5.69 Å². The fourth-order valence-electron chi connectivity index (χ4n) is 2.36. The molecule has 2 aromatic heterocycles. The van der Waals surface area contributed by atoms with Gasteiger partial charge in [0.05, 0.1) is 17.4 Å². The van der Waals surface area contributed by atoms with E-state index in [0.29, 0.717) is 29.2 Å². The molecule has 0 atom stereocenters. The summed E-state index contributed by atoms with van der Waals surface area (Å²) in [6.45, 7) is 0.488. The first-order valence-electron chi connectivity index (χ1n) is 6.36. The number of hydrogen-bond acceptors (Lipinski definition) is 4. The van der Waals surface area contributed by atoms with Gasteiger partial charge in [-0.05, 0) is 18.2 Å². The lowest BCUT2D eigenvalue weighted by Gasteiger charge is -1.99. The van der Waals surface area contributed by atoms with E-state index in [1.54, 1.807) is 0 Å². The van der Waals surface area contributed by atoms with Crippen molar-refractivity contribution in [3.8, 4) is 0 Å². The molecule has 0 aliphatic carbocycles. The van der Waals surface area contributed by atoms with Gasteiger partial charge in [0.15, 0.2) is 5.58 Å². The molecule has 5 nitrogen and oxygen atoms in total. The smallest absolute Gasteiger partial charge is 0.217 e. The van der Waals surface area contributed by atoms with Crippen LogP contribution in [0.1, 0.15) is 5.89 Å². The highest BCUT2D eigenvalue weighted by Crippen LogP contribution is 2.22. The second kappa shape index (κ2) is 4.09. The summed E-state index contributed by atoms with van der Waals surface area (Å²) in [5.41, 5.74) is 8.99. The van der Waals surface area contributed by atoms with Gasteiger partial charge in [0.2, 0.25) is 5.89 Å². The lowest BCUT2D eigenvalue weighted by Crippen LogP contribution is -2.01. The Hall–Kier alpha value is -2.82. The summed E-state index contributed by atoms with van der Waals surface area (Å²) in [5.74, 6) is 0.603. The molecule has 5 heteroatoms. The number of aromatic nitrogens is 3. The van der Waals surface area contributed by atoms with E-state index in [1.165, 1.54) is 0 Å². The maximum atomic E-state index is 5.89. The quantitative estimate of drug-likeness (QED) is 0.565. The molecule has 20 heavy (non-hydrogen) atoms. The number of oxazole rings is 1. The van der Waals surface area contributed by atoms with Crippen molar-refractivity contribution >= 4 is 27.7 Å². The molecule has 0 spiro atoms. The van der Waals surface area contributed by atoms with Gasteiger partial charge >= 0.3 is 0 Å². The number of nitrogens with two attached hydrogens (primary N) is 1. The Morgan fingerprint density at radius 3 is 2.90 bits per heavy atom. The zero-order chi connectivity index (χ0) is 13.5. The van der Waals surface area contributed by atoms with E-state index in [1.807, 2.05) is 53.3 Å². The van der Waals surface area contributed by atoms with Gasteiger partial charge in [-0.1, -0.05) is 24.3 Å². The van der Waals surface area contributed by atoms with Crippen LogP contribution in [0.2, 0.25) is 0 Å². The van der Waals surface area contributed by atoms with Crippen molar-refractivity contribution in [3.63, 3.8) is 0 Å². The molecule has 0 amide bonds. The molecule has 2 N–H and O–H groups in total. The maximum absolute atomic E-state index is 5.89. The van der Waals surface area contributed by atoms with E-state index >= 15 is 0 Å². The van der Waals surface area contributed by atoms with Gasteiger partial charge < -0.3 is 10.2 Å². The largest absolute Gasteiger partial charge is 0.439 e. The SMILES string of the molecule is Nc1cccc2oc(Cn3ncc4ccccc43)nc12. The van der Waals surface area contributed by atoms with Crippen molar-refractivity contribution in [2.45, 2.75) is 6.54 Å². The van der Waals surface area contributed by atoms with E-state index in [4.69, 9.17) is 10.2 Å². The fraction of sp³-hybridized carbons (Fsp3) is 0.0667. The minimum absolute atomic E-state index is 0.488. The van der Waals surface area contributed by atoms with Crippen LogP contribution in [0.25, 0.3) is 22.0 Å². The first-order chi connectivity index (χ1) is 9.81. The molecule has 2 heterocycles. The molecule has 0 aliphatic heterocycles. The molecule has 0 aliphatic rings. The molecular weight excluding hydrogens is 252 g/mol. The molecular formula is C15H12N4O. The summed E-state index contributed by atoms with van der Waals surface area (Å²) < 4.78 is 7.59. The van der Waals surface area contributed by atoms with E-state index in [2.05, 4.69) is 10.1 Å². The second-order valence-electron chi connectivity index (χ2n) is 4.66. The zero-order valence-electron chi connectivity index (χ0n) is 10.7. The first kappa shape index (κ1) is 11.0. The molecule has 0 unspecified atom stereocenters. The highest BCUT2D eigenvalue weighted by molar-refractivity contribution is 5.85. The average Bonchev–Trinajstić information content (AvgIpc) is 3.05. The van der Waals surface area contributed by atoms with Crippen molar-refractivity contribution in [2.24, 2.45) is 0 Å². The number of rotatable bonds is 2. The Morgan fingerprint density at radius 1 is 1.10 bits per heavy atom. The Kier molecular flexibility index (Phi) is 2.26. The van der Waals surface area contributed by atoms with E-state index < -0.39 is 0 Å². The fourth-order valence-corrected chi connectivity index (χ4v) is 2.36. The third-order valence-electron chi connectivity index (χ3n) is 3.33. The Bertz CT molecular complexity index is 906. The van der Waals surface area contributed by atoms with Crippen LogP contribution in [0.15, 0.2) is 53.1 Å². The number of anilines is 1. The number of para-hydroxylation sites is 2. The van der Waals surface area contributed by atoms with Crippen LogP contribution in [0.3, 0.4) is 0 Å². The number of hydrogen-bond donors (Lipinski definition) is 1. The molecule has 4 aromatic rings. The monoisotopic (exact) mass is 264 g/mol. The third kappa shape index (κ3) is 1.64. The van der Waals surface area contributed by atoms with Crippen LogP contribution in [0, 0.1) is 0 Å². The number of fused-ring (bicyclic) bond motifs is 2. The third-order valence-corrected chi connectivity index (χ3v) is 3.33. The Balaban J connectivity index is 1.79. The van der Waals surface area contributed by atoms with Crippen LogP contribution < -0.4 is 5.73 Å². The standard InChI is InChI=1S/C15H12N4O/c16-11-5-3-7-13-15(11)18-14(20-13)9-19-12-6-2-1-4-10(12)8-17-19/h1-8H,9,16H2. The Morgan fingerprint density at radius 2 is 2.00 bits per heavy atom. The van der Waals surface area contributed by atoms with Crippen molar-refractivity contribution in [1.29, 1.82) is 0 Å². The Labute approximate surface area is 114 Å².